The highest BCUT2D eigenvalue weighted by Crippen LogP contribution is 2.18. The third-order valence-corrected chi connectivity index (χ3v) is 1.91. The molecular weight excluding hydrogens is 169 g/mol. The monoisotopic (exact) mass is 175 g/mol. The Morgan fingerprint density at radius 1 is 1.40 bits per heavy atom. The van der Waals surface area contributed by atoms with Gasteiger partial charge in [-0.3, -0.25) is 0 Å². The third-order valence-electron chi connectivity index (χ3n) is 1.22. The van der Waals surface area contributed by atoms with E-state index in [0.717, 1.165) is 12.1 Å². The summed E-state index contributed by atoms with van der Waals surface area (Å²) in [5, 5.41) is 0.903. The number of hydrogen-bond donors (Lipinski definition) is 0. The molecule has 1 aromatic rings. The van der Waals surface area contributed by atoms with Gasteiger partial charge in [0.1, 0.15) is 5.15 Å². The van der Waals surface area contributed by atoms with E-state index in [-0.39, 0.29) is 0 Å². The fourth-order valence-corrected chi connectivity index (χ4v) is 0.929. The number of halogens is 2. The summed E-state index contributed by atoms with van der Waals surface area (Å²) in [6, 6.07) is 3.63. The Balaban J connectivity index is 3.04. The molecule has 0 aliphatic heterocycles. The minimum Gasteiger partial charge on any atom is -0.240 e. The van der Waals surface area contributed by atoms with Crippen molar-refractivity contribution >= 4 is 23.2 Å². The summed E-state index contributed by atoms with van der Waals surface area (Å²) < 4.78 is 0. The molecule has 10 heavy (non-hydrogen) atoms. The van der Waals surface area contributed by atoms with Crippen LogP contribution >= 0.6 is 23.2 Å². The van der Waals surface area contributed by atoms with Gasteiger partial charge in [-0.25, -0.2) is 4.98 Å². The lowest BCUT2D eigenvalue weighted by molar-refractivity contribution is 1.04. The van der Waals surface area contributed by atoms with Crippen molar-refractivity contribution in [2.75, 3.05) is 0 Å². The molecule has 0 aromatic carbocycles. The molecule has 1 rings (SSSR count). The van der Waals surface area contributed by atoms with Gasteiger partial charge >= 0.3 is 0 Å². The first-order chi connectivity index (χ1) is 4.74. The molecule has 0 saturated heterocycles. The van der Waals surface area contributed by atoms with Gasteiger partial charge in [-0.05, 0) is 18.6 Å². The van der Waals surface area contributed by atoms with Gasteiger partial charge in [-0.2, -0.15) is 0 Å². The van der Waals surface area contributed by atoms with E-state index in [1.165, 1.54) is 0 Å². The lowest BCUT2D eigenvalue weighted by atomic mass is 10.3. The molecule has 0 radical (unpaired) electrons. The first kappa shape index (κ1) is 7.83. The minimum atomic E-state index is 0.390. The van der Waals surface area contributed by atoms with Gasteiger partial charge in [0.25, 0.3) is 0 Å². The Kier molecular flexibility index (Phi) is 2.52. The topological polar surface area (TPSA) is 12.9 Å². The molecule has 54 valence electrons. The number of pyridine rings is 1. The van der Waals surface area contributed by atoms with Crippen LogP contribution in [0.15, 0.2) is 12.1 Å². The molecule has 0 atom stereocenters. The molecule has 0 spiro atoms. The Morgan fingerprint density at radius 2 is 2.10 bits per heavy atom. The molecule has 0 amide bonds. The predicted molar refractivity (Wildman–Crippen MR) is 43.6 cm³/mol. The molecule has 3 heteroatoms. The SMILES string of the molecule is CCc1ccc(Cl)c(Cl)n1. The molecule has 0 N–H and O–H groups in total. The summed E-state index contributed by atoms with van der Waals surface area (Å²) in [5.41, 5.74) is 0.967. The summed E-state index contributed by atoms with van der Waals surface area (Å²) in [5.74, 6) is 0. The van der Waals surface area contributed by atoms with E-state index >= 15 is 0 Å². The molecular formula is C7H7Cl2N. The van der Waals surface area contributed by atoms with Crippen LogP contribution in [0.3, 0.4) is 0 Å². The third kappa shape index (κ3) is 1.61. The molecule has 1 heterocycles. The molecule has 0 unspecified atom stereocenters. The number of aryl methyl sites for hydroxylation is 1. The van der Waals surface area contributed by atoms with E-state index in [1.54, 1.807) is 6.07 Å². The van der Waals surface area contributed by atoms with Gasteiger partial charge in [-0.1, -0.05) is 30.1 Å². The summed E-state index contributed by atoms with van der Waals surface area (Å²) >= 11 is 11.3. The van der Waals surface area contributed by atoms with Gasteiger partial charge in [0.15, 0.2) is 0 Å². The van der Waals surface area contributed by atoms with E-state index < -0.39 is 0 Å². The second kappa shape index (κ2) is 3.22. The van der Waals surface area contributed by atoms with Crippen molar-refractivity contribution in [1.82, 2.24) is 4.98 Å². The molecule has 0 fully saturated rings. The Bertz CT molecular complexity index is 235. The molecule has 0 saturated carbocycles. The second-order valence-corrected chi connectivity index (χ2v) is 2.69. The zero-order valence-electron chi connectivity index (χ0n) is 5.56. The van der Waals surface area contributed by atoms with Gasteiger partial charge in [-0.15, -0.1) is 0 Å². The Hall–Kier alpha value is -0.270. The summed E-state index contributed by atoms with van der Waals surface area (Å²) in [6.45, 7) is 2.02. The molecule has 1 nitrogen and oxygen atoms in total. The van der Waals surface area contributed by atoms with E-state index in [2.05, 4.69) is 4.98 Å². The average molecular weight is 176 g/mol. The van der Waals surface area contributed by atoms with E-state index in [1.807, 2.05) is 13.0 Å². The van der Waals surface area contributed by atoms with Crippen LogP contribution in [0.1, 0.15) is 12.6 Å². The normalized spacial score (nSPS) is 9.90. The van der Waals surface area contributed by atoms with Crippen LogP contribution in [0.25, 0.3) is 0 Å². The highest BCUT2D eigenvalue weighted by Gasteiger charge is 1.97. The molecule has 0 aliphatic carbocycles. The smallest absolute Gasteiger partial charge is 0.147 e. The van der Waals surface area contributed by atoms with Crippen LogP contribution < -0.4 is 0 Å². The zero-order chi connectivity index (χ0) is 7.56. The minimum absolute atomic E-state index is 0.390. The average Bonchev–Trinajstić information content (AvgIpc) is 1.95. The van der Waals surface area contributed by atoms with Gasteiger partial charge in [0.2, 0.25) is 0 Å². The van der Waals surface area contributed by atoms with Gasteiger partial charge in [0, 0.05) is 5.69 Å². The standard InChI is InChI=1S/C7H7Cl2N/c1-2-5-3-4-6(8)7(9)10-5/h3-4H,2H2,1H3. The maximum Gasteiger partial charge on any atom is 0.147 e. The predicted octanol–water partition coefficient (Wildman–Crippen LogP) is 2.95. The van der Waals surface area contributed by atoms with Crippen molar-refractivity contribution in [3.05, 3.63) is 28.0 Å². The number of rotatable bonds is 1. The van der Waals surface area contributed by atoms with Crippen LogP contribution in [-0.2, 0) is 6.42 Å². The Morgan fingerprint density at radius 3 is 2.60 bits per heavy atom. The van der Waals surface area contributed by atoms with E-state index in [4.69, 9.17) is 23.2 Å². The largest absolute Gasteiger partial charge is 0.240 e. The van der Waals surface area contributed by atoms with Crippen LogP contribution in [0.5, 0.6) is 0 Å². The lowest BCUT2D eigenvalue weighted by Crippen LogP contribution is -1.85. The summed E-state index contributed by atoms with van der Waals surface area (Å²) in [4.78, 5) is 4.02. The van der Waals surface area contributed by atoms with E-state index in [0.29, 0.717) is 10.2 Å². The van der Waals surface area contributed by atoms with Crippen LogP contribution in [0.2, 0.25) is 10.2 Å². The number of aromatic nitrogens is 1. The quantitative estimate of drug-likeness (QED) is 0.599. The van der Waals surface area contributed by atoms with Crippen LogP contribution in [0.4, 0.5) is 0 Å². The molecule has 0 aliphatic rings. The lowest BCUT2D eigenvalue weighted by Gasteiger charge is -1.96. The van der Waals surface area contributed by atoms with Crippen molar-refractivity contribution in [3.63, 3.8) is 0 Å². The maximum atomic E-state index is 5.65. The molecule has 1 aromatic heterocycles. The summed E-state index contributed by atoms with van der Waals surface area (Å²) in [6.07, 6.45) is 0.886. The fourth-order valence-electron chi connectivity index (χ4n) is 0.652. The van der Waals surface area contributed by atoms with Gasteiger partial charge < -0.3 is 0 Å². The first-order valence-electron chi connectivity index (χ1n) is 3.05. The van der Waals surface area contributed by atoms with Gasteiger partial charge in [0.05, 0.1) is 5.02 Å². The van der Waals surface area contributed by atoms with Crippen molar-refractivity contribution in [2.45, 2.75) is 13.3 Å². The fraction of sp³-hybridized carbons (Fsp3) is 0.286. The molecule has 0 bridgehead atoms. The van der Waals surface area contributed by atoms with Crippen molar-refractivity contribution in [3.8, 4) is 0 Å². The van der Waals surface area contributed by atoms with Crippen molar-refractivity contribution < 1.29 is 0 Å². The number of nitrogens with zero attached hydrogens (tertiary/aromatic N) is 1. The van der Waals surface area contributed by atoms with Crippen LogP contribution in [-0.4, -0.2) is 4.98 Å². The van der Waals surface area contributed by atoms with Crippen molar-refractivity contribution in [2.24, 2.45) is 0 Å². The van der Waals surface area contributed by atoms with E-state index in [9.17, 15) is 0 Å². The number of hydrogen-bond acceptors (Lipinski definition) is 1. The first-order valence-corrected chi connectivity index (χ1v) is 3.80. The highest BCUT2D eigenvalue weighted by atomic mass is 35.5. The Labute approximate surface area is 70.0 Å². The second-order valence-electron chi connectivity index (χ2n) is 1.93. The van der Waals surface area contributed by atoms with Crippen LogP contribution in [0, 0.1) is 0 Å². The highest BCUT2D eigenvalue weighted by molar-refractivity contribution is 6.41. The zero-order valence-corrected chi connectivity index (χ0v) is 7.08. The maximum absolute atomic E-state index is 5.65. The van der Waals surface area contributed by atoms with Crippen molar-refractivity contribution in [1.29, 1.82) is 0 Å². The summed E-state index contributed by atoms with van der Waals surface area (Å²) in [7, 11) is 0.